The molecule has 2 aromatic rings. The number of ether oxygens (including phenoxy) is 1. The lowest BCUT2D eigenvalue weighted by Crippen LogP contribution is -2.39. The van der Waals surface area contributed by atoms with Crippen LogP contribution in [-0.4, -0.2) is 56.0 Å². The molecule has 0 saturated carbocycles. The molecule has 132 valence electrons. The molecular formula is C21H26N2O2. The molecule has 0 spiro atoms. The summed E-state index contributed by atoms with van der Waals surface area (Å²) in [6, 6.07) is 20.7. The molecule has 4 heteroatoms. The van der Waals surface area contributed by atoms with Gasteiger partial charge in [0.2, 0.25) is 5.91 Å². The van der Waals surface area contributed by atoms with Gasteiger partial charge in [-0.05, 0) is 25.2 Å². The maximum atomic E-state index is 12.5. The third-order valence-corrected chi connectivity index (χ3v) is 4.73. The molecule has 0 unspecified atom stereocenters. The van der Waals surface area contributed by atoms with Crippen molar-refractivity contribution in [2.75, 3.05) is 40.3 Å². The van der Waals surface area contributed by atoms with Crippen LogP contribution >= 0.6 is 0 Å². The molecule has 1 fully saturated rings. The summed E-state index contributed by atoms with van der Waals surface area (Å²) in [7, 11) is 3.84. The Bertz CT molecular complexity index is 646. The molecule has 1 aliphatic heterocycles. The van der Waals surface area contributed by atoms with Crippen molar-refractivity contribution < 1.29 is 9.53 Å². The predicted octanol–water partition coefficient (Wildman–Crippen LogP) is 2.74. The normalized spacial score (nSPS) is 17.3. The number of rotatable bonds is 4. The van der Waals surface area contributed by atoms with Gasteiger partial charge in [-0.15, -0.1) is 0 Å². The van der Waals surface area contributed by atoms with Crippen LogP contribution in [0.4, 0.5) is 0 Å². The molecule has 2 aromatic carbocycles. The fourth-order valence-electron chi connectivity index (χ4n) is 3.46. The lowest BCUT2D eigenvalue weighted by Gasteiger charge is -2.34. The average molecular weight is 338 g/mol. The quantitative estimate of drug-likeness (QED) is 0.859. The number of amides is 1. The lowest BCUT2D eigenvalue weighted by atomic mass is 9.83. The Kier molecular flexibility index (Phi) is 5.51. The average Bonchev–Trinajstić information content (AvgIpc) is 2.87. The minimum absolute atomic E-state index is 0.158. The molecule has 0 radical (unpaired) electrons. The Morgan fingerprint density at radius 2 is 1.56 bits per heavy atom. The Morgan fingerprint density at radius 1 is 1.00 bits per heavy atom. The second kappa shape index (κ2) is 7.81. The molecule has 1 saturated heterocycles. The van der Waals surface area contributed by atoms with Gasteiger partial charge in [-0.1, -0.05) is 60.7 Å². The minimum Gasteiger partial charge on any atom is -0.364 e. The van der Waals surface area contributed by atoms with Crippen LogP contribution in [0.5, 0.6) is 0 Å². The van der Waals surface area contributed by atoms with Gasteiger partial charge in [-0.25, -0.2) is 0 Å². The molecule has 1 heterocycles. The highest BCUT2D eigenvalue weighted by atomic mass is 16.5. The zero-order valence-electron chi connectivity index (χ0n) is 15.0. The predicted molar refractivity (Wildman–Crippen MR) is 99.4 cm³/mol. The fraction of sp³-hybridized carbons (Fsp3) is 0.381. The molecule has 4 nitrogen and oxygen atoms in total. The first-order valence-corrected chi connectivity index (χ1v) is 8.79. The van der Waals surface area contributed by atoms with Crippen molar-refractivity contribution in [2.24, 2.45) is 0 Å². The van der Waals surface area contributed by atoms with E-state index < -0.39 is 5.60 Å². The smallest absolute Gasteiger partial charge is 0.236 e. The fourth-order valence-corrected chi connectivity index (χ4v) is 3.46. The van der Waals surface area contributed by atoms with Gasteiger partial charge in [0, 0.05) is 19.5 Å². The van der Waals surface area contributed by atoms with Crippen LogP contribution in [0, 0.1) is 0 Å². The molecule has 0 aromatic heterocycles. The van der Waals surface area contributed by atoms with E-state index in [1.54, 1.807) is 0 Å². The number of benzene rings is 2. The van der Waals surface area contributed by atoms with E-state index in [0.717, 1.165) is 17.5 Å². The third-order valence-electron chi connectivity index (χ3n) is 4.73. The summed E-state index contributed by atoms with van der Waals surface area (Å²) >= 11 is 0. The van der Waals surface area contributed by atoms with Gasteiger partial charge < -0.3 is 14.5 Å². The summed E-state index contributed by atoms with van der Waals surface area (Å²) in [4.78, 5) is 16.3. The molecule has 25 heavy (non-hydrogen) atoms. The molecular weight excluding hydrogens is 312 g/mol. The summed E-state index contributed by atoms with van der Waals surface area (Å²) in [5.41, 5.74) is 1.78. The summed E-state index contributed by atoms with van der Waals surface area (Å²) < 4.78 is 6.44. The van der Waals surface area contributed by atoms with Crippen molar-refractivity contribution in [3.05, 3.63) is 71.8 Å². The number of carbonyl (C=O) groups is 1. The van der Waals surface area contributed by atoms with Crippen molar-refractivity contribution >= 4 is 5.91 Å². The highest BCUT2D eigenvalue weighted by Crippen LogP contribution is 2.38. The van der Waals surface area contributed by atoms with E-state index in [0.29, 0.717) is 26.2 Å². The second-order valence-corrected chi connectivity index (χ2v) is 6.78. The lowest BCUT2D eigenvalue weighted by molar-refractivity contribution is -0.131. The topological polar surface area (TPSA) is 32.8 Å². The zero-order valence-corrected chi connectivity index (χ0v) is 15.0. The summed E-state index contributed by atoms with van der Waals surface area (Å²) in [6.45, 7) is 2.29. The van der Waals surface area contributed by atoms with Crippen molar-refractivity contribution in [1.29, 1.82) is 0 Å². The Morgan fingerprint density at radius 3 is 2.08 bits per heavy atom. The van der Waals surface area contributed by atoms with Crippen LogP contribution in [0.15, 0.2) is 60.7 Å². The van der Waals surface area contributed by atoms with Crippen LogP contribution < -0.4 is 0 Å². The Labute approximate surface area is 150 Å². The number of carbonyl (C=O) groups excluding carboxylic acids is 1. The number of nitrogens with zero attached hydrogens (tertiary/aromatic N) is 2. The van der Waals surface area contributed by atoms with E-state index in [2.05, 4.69) is 24.3 Å². The van der Waals surface area contributed by atoms with Crippen molar-refractivity contribution in [1.82, 2.24) is 9.80 Å². The van der Waals surface area contributed by atoms with Crippen LogP contribution in [0.3, 0.4) is 0 Å². The Hall–Kier alpha value is -2.17. The van der Waals surface area contributed by atoms with E-state index in [1.165, 1.54) is 0 Å². The first-order chi connectivity index (χ1) is 12.1. The van der Waals surface area contributed by atoms with E-state index >= 15 is 0 Å². The first kappa shape index (κ1) is 17.6. The van der Waals surface area contributed by atoms with E-state index in [4.69, 9.17) is 4.74 Å². The monoisotopic (exact) mass is 338 g/mol. The van der Waals surface area contributed by atoms with Gasteiger partial charge in [0.25, 0.3) is 0 Å². The van der Waals surface area contributed by atoms with E-state index in [-0.39, 0.29) is 5.91 Å². The number of hydrogen-bond acceptors (Lipinski definition) is 3. The molecule has 3 rings (SSSR count). The third kappa shape index (κ3) is 3.91. The molecule has 1 amide bonds. The number of likely N-dealkylation sites (N-methyl/N-ethyl adjacent to an activating group) is 1. The van der Waals surface area contributed by atoms with Gasteiger partial charge in [0.05, 0.1) is 13.2 Å². The molecule has 0 N–H and O–H groups in total. The number of hydrogen-bond donors (Lipinski definition) is 0. The minimum atomic E-state index is -0.504. The maximum absolute atomic E-state index is 12.5. The van der Waals surface area contributed by atoms with E-state index in [1.807, 2.05) is 60.3 Å². The maximum Gasteiger partial charge on any atom is 0.236 e. The van der Waals surface area contributed by atoms with Crippen LogP contribution in [-0.2, 0) is 15.1 Å². The second-order valence-electron chi connectivity index (χ2n) is 6.78. The van der Waals surface area contributed by atoms with Gasteiger partial charge >= 0.3 is 0 Å². The highest BCUT2D eigenvalue weighted by Gasteiger charge is 2.38. The van der Waals surface area contributed by atoms with Gasteiger partial charge in [0.15, 0.2) is 0 Å². The van der Waals surface area contributed by atoms with Crippen LogP contribution in [0.1, 0.15) is 17.5 Å². The van der Waals surface area contributed by atoms with Gasteiger partial charge in [-0.2, -0.15) is 0 Å². The van der Waals surface area contributed by atoms with Crippen molar-refractivity contribution in [2.45, 2.75) is 12.0 Å². The molecule has 1 aliphatic rings. The first-order valence-electron chi connectivity index (χ1n) is 8.79. The highest BCUT2D eigenvalue weighted by molar-refractivity contribution is 5.78. The van der Waals surface area contributed by atoms with Gasteiger partial charge in [-0.3, -0.25) is 4.79 Å². The van der Waals surface area contributed by atoms with Crippen LogP contribution in [0.2, 0.25) is 0 Å². The Balaban J connectivity index is 1.91. The molecule has 0 aliphatic carbocycles. The largest absolute Gasteiger partial charge is 0.364 e. The standard InChI is InChI=1S/C21H26N2O2/c1-22(2)17-20(24)23-14-13-21(25-16-15-23,18-9-5-3-6-10-18)19-11-7-4-8-12-19/h3-12H,13-17H2,1-2H3. The van der Waals surface area contributed by atoms with Crippen LogP contribution in [0.25, 0.3) is 0 Å². The van der Waals surface area contributed by atoms with Crippen molar-refractivity contribution in [3.63, 3.8) is 0 Å². The summed E-state index contributed by atoms with van der Waals surface area (Å²) in [6.07, 6.45) is 0.750. The zero-order chi connectivity index (χ0) is 17.7. The molecule has 0 bridgehead atoms. The molecule has 0 atom stereocenters. The summed E-state index contributed by atoms with van der Waals surface area (Å²) in [5, 5.41) is 0. The summed E-state index contributed by atoms with van der Waals surface area (Å²) in [5.74, 6) is 0.158. The van der Waals surface area contributed by atoms with Gasteiger partial charge in [0.1, 0.15) is 5.60 Å². The van der Waals surface area contributed by atoms with Crippen molar-refractivity contribution in [3.8, 4) is 0 Å². The SMILES string of the molecule is CN(C)CC(=O)N1CCOC(c2ccccc2)(c2ccccc2)CC1. The van der Waals surface area contributed by atoms with E-state index in [9.17, 15) is 4.79 Å².